The molecule has 1 rings (SSSR count). The number of hydrogen-bond donors (Lipinski definition) is 1. The third-order valence-corrected chi connectivity index (χ3v) is 3.66. The summed E-state index contributed by atoms with van der Waals surface area (Å²) in [5.41, 5.74) is 1.66. The molecular formula is C15H27N3O2. The van der Waals surface area contributed by atoms with Crippen LogP contribution in [0.15, 0.2) is 6.07 Å². The Labute approximate surface area is 121 Å². The van der Waals surface area contributed by atoms with Crippen molar-refractivity contribution in [3.8, 4) is 0 Å². The van der Waals surface area contributed by atoms with Crippen LogP contribution in [0, 0.1) is 0 Å². The third-order valence-electron chi connectivity index (χ3n) is 3.66. The molecule has 1 atom stereocenters. The first kappa shape index (κ1) is 16.7. The van der Waals surface area contributed by atoms with Crippen molar-refractivity contribution in [2.24, 2.45) is 0 Å². The maximum atomic E-state index is 11.9. The van der Waals surface area contributed by atoms with Gasteiger partial charge in [-0.1, -0.05) is 20.8 Å². The monoisotopic (exact) mass is 281 g/mol. The van der Waals surface area contributed by atoms with Crippen LogP contribution >= 0.6 is 0 Å². The predicted octanol–water partition coefficient (Wildman–Crippen LogP) is 1.94. The topological polar surface area (TPSA) is 56.2 Å². The first-order valence-corrected chi connectivity index (χ1v) is 7.39. The van der Waals surface area contributed by atoms with E-state index in [-0.39, 0.29) is 5.97 Å². The Kier molecular flexibility index (Phi) is 6.20. The number of likely N-dealkylation sites (N-methyl/N-ethyl adjacent to an activating group) is 1. The van der Waals surface area contributed by atoms with E-state index in [9.17, 15) is 4.79 Å². The average molecular weight is 281 g/mol. The van der Waals surface area contributed by atoms with Gasteiger partial charge in [0.15, 0.2) is 0 Å². The number of nitrogens with zero attached hydrogens (tertiary/aromatic N) is 2. The number of aromatic nitrogens is 2. The minimum absolute atomic E-state index is 0.222. The quantitative estimate of drug-likeness (QED) is 0.740. The van der Waals surface area contributed by atoms with E-state index in [1.807, 2.05) is 18.5 Å². The van der Waals surface area contributed by atoms with E-state index in [0.717, 1.165) is 25.1 Å². The van der Waals surface area contributed by atoms with Gasteiger partial charge in [-0.25, -0.2) is 0 Å². The third kappa shape index (κ3) is 3.82. The number of esters is 1. The maximum absolute atomic E-state index is 11.9. The SMILES string of the molecule is CCNC(C)(CCn1nc(CC)cc1CC)C(=O)OC. The highest BCUT2D eigenvalue weighted by atomic mass is 16.5. The lowest BCUT2D eigenvalue weighted by atomic mass is 9.98. The summed E-state index contributed by atoms with van der Waals surface area (Å²) in [6, 6.07) is 2.14. The van der Waals surface area contributed by atoms with Gasteiger partial charge in [0.05, 0.1) is 12.8 Å². The number of aryl methyl sites for hydroxylation is 3. The van der Waals surface area contributed by atoms with Crippen molar-refractivity contribution in [3.63, 3.8) is 0 Å². The Morgan fingerprint density at radius 2 is 2.10 bits per heavy atom. The first-order valence-electron chi connectivity index (χ1n) is 7.39. The zero-order valence-corrected chi connectivity index (χ0v) is 13.3. The van der Waals surface area contributed by atoms with Crippen LogP contribution in [-0.2, 0) is 28.9 Å². The Balaban J connectivity index is 2.81. The van der Waals surface area contributed by atoms with Gasteiger partial charge in [-0.2, -0.15) is 5.10 Å². The van der Waals surface area contributed by atoms with E-state index in [0.29, 0.717) is 13.0 Å². The van der Waals surface area contributed by atoms with Crippen LogP contribution < -0.4 is 5.32 Å². The summed E-state index contributed by atoms with van der Waals surface area (Å²) in [7, 11) is 1.43. The molecule has 114 valence electrons. The second-order valence-corrected chi connectivity index (χ2v) is 5.16. The van der Waals surface area contributed by atoms with Crippen LogP contribution in [0.5, 0.6) is 0 Å². The van der Waals surface area contributed by atoms with Crippen molar-refractivity contribution in [1.82, 2.24) is 15.1 Å². The molecule has 1 unspecified atom stereocenters. The second kappa shape index (κ2) is 7.43. The molecule has 0 aliphatic heterocycles. The summed E-state index contributed by atoms with van der Waals surface area (Å²) in [6.45, 7) is 9.54. The van der Waals surface area contributed by atoms with E-state index in [2.05, 4.69) is 30.3 Å². The molecule has 1 aromatic heterocycles. The lowest BCUT2D eigenvalue weighted by molar-refractivity contribution is -0.148. The largest absolute Gasteiger partial charge is 0.468 e. The number of carbonyl (C=O) groups is 1. The molecule has 20 heavy (non-hydrogen) atoms. The Hall–Kier alpha value is -1.36. The molecule has 0 amide bonds. The van der Waals surface area contributed by atoms with Gasteiger partial charge in [-0.3, -0.25) is 9.48 Å². The van der Waals surface area contributed by atoms with Crippen LogP contribution in [0.3, 0.4) is 0 Å². The fourth-order valence-corrected chi connectivity index (χ4v) is 2.37. The van der Waals surface area contributed by atoms with Gasteiger partial charge >= 0.3 is 5.97 Å². The number of rotatable bonds is 8. The van der Waals surface area contributed by atoms with Gasteiger partial charge < -0.3 is 10.1 Å². The number of nitrogens with one attached hydrogen (secondary N) is 1. The Morgan fingerprint density at radius 1 is 1.40 bits per heavy atom. The smallest absolute Gasteiger partial charge is 0.325 e. The molecule has 1 N–H and O–H groups in total. The average Bonchev–Trinajstić information content (AvgIpc) is 2.87. The fourth-order valence-electron chi connectivity index (χ4n) is 2.37. The molecule has 1 aromatic rings. The zero-order chi connectivity index (χ0) is 15.2. The van der Waals surface area contributed by atoms with Gasteiger partial charge in [-0.05, 0) is 38.8 Å². The molecule has 0 saturated carbocycles. The molecule has 0 aliphatic carbocycles. The molecule has 0 spiro atoms. The maximum Gasteiger partial charge on any atom is 0.325 e. The molecule has 0 fully saturated rings. The van der Waals surface area contributed by atoms with Gasteiger partial charge in [0.1, 0.15) is 5.54 Å². The molecule has 0 bridgehead atoms. The van der Waals surface area contributed by atoms with Gasteiger partial charge in [0, 0.05) is 12.2 Å². The molecule has 0 aromatic carbocycles. The molecule has 0 saturated heterocycles. The summed E-state index contributed by atoms with van der Waals surface area (Å²) in [4.78, 5) is 11.9. The predicted molar refractivity (Wildman–Crippen MR) is 79.7 cm³/mol. The van der Waals surface area contributed by atoms with Crippen LogP contribution in [0.1, 0.15) is 45.5 Å². The summed E-state index contributed by atoms with van der Waals surface area (Å²) in [6.07, 6.45) is 2.54. The first-order chi connectivity index (χ1) is 9.50. The minimum Gasteiger partial charge on any atom is -0.468 e. The number of hydrogen-bond acceptors (Lipinski definition) is 4. The van der Waals surface area contributed by atoms with Crippen molar-refractivity contribution in [2.45, 2.75) is 59.0 Å². The van der Waals surface area contributed by atoms with Crippen molar-refractivity contribution in [1.29, 1.82) is 0 Å². The molecule has 1 heterocycles. The minimum atomic E-state index is -0.660. The van der Waals surface area contributed by atoms with Crippen molar-refractivity contribution in [2.75, 3.05) is 13.7 Å². The molecule has 5 nitrogen and oxygen atoms in total. The number of carbonyl (C=O) groups excluding carboxylic acids is 1. The zero-order valence-electron chi connectivity index (χ0n) is 13.3. The normalized spacial score (nSPS) is 14.1. The lowest BCUT2D eigenvalue weighted by Crippen LogP contribution is -2.50. The highest BCUT2D eigenvalue weighted by Crippen LogP contribution is 2.15. The summed E-state index contributed by atoms with van der Waals surface area (Å²) < 4.78 is 6.92. The molecule has 0 aliphatic rings. The van der Waals surface area contributed by atoms with Gasteiger partial charge in [0.25, 0.3) is 0 Å². The summed E-state index contributed by atoms with van der Waals surface area (Å²) >= 11 is 0. The van der Waals surface area contributed by atoms with Crippen LogP contribution in [0.2, 0.25) is 0 Å². The Morgan fingerprint density at radius 3 is 2.60 bits per heavy atom. The summed E-state index contributed by atoms with van der Waals surface area (Å²) in [5.74, 6) is -0.222. The van der Waals surface area contributed by atoms with Gasteiger partial charge in [0.2, 0.25) is 0 Å². The summed E-state index contributed by atoms with van der Waals surface area (Å²) in [5, 5.41) is 7.81. The van der Waals surface area contributed by atoms with Gasteiger partial charge in [-0.15, -0.1) is 0 Å². The van der Waals surface area contributed by atoms with Crippen LogP contribution in [0.4, 0.5) is 0 Å². The van der Waals surface area contributed by atoms with Crippen LogP contribution in [0.25, 0.3) is 0 Å². The van der Waals surface area contributed by atoms with E-state index < -0.39 is 5.54 Å². The highest BCUT2D eigenvalue weighted by Gasteiger charge is 2.33. The Bertz CT molecular complexity index is 442. The van der Waals surface area contributed by atoms with E-state index in [1.165, 1.54) is 12.8 Å². The second-order valence-electron chi connectivity index (χ2n) is 5.16. The van der Waals surface area contributed by atoms with Crippen LogP contribution in [-0.4, -0.2) is 34.9 Å². The number of methoxy groups -OCH3 is 1. The highest BCUT2D eigenvalue weighted by molar-refractivity contribution is 5.80. The fraction of sp³-hybridized carbons (Fsp3) is 0.733. The number of ether oxygens (including phenoxy) is 1. The van der Waals surface area contributed by atoms with Crippen molar-refractivity contribution >= 4 is 5.97 Å². The lowest BCUT2D eigenvalue weighted by Gasteiger charge is -2.27. The standard InChI is InChI=1S/C15H27N3O2/c1-6-12-11-13(7-2)18(17-12)10-9-15(4,16-8-3)14(19)20-5/h11,16H,6-10H2,1-5H3. The molecule has 0 radical (unpaired) electrons. The molecule has 5 heteroatoms. The van der Waals surface area contributed by atoms with E-state index in [1.54, 1.807) is 0 Å². The van der Waals surface area contributed by atoms with E-state index in [4.69, 9.17) is 4.74 Å². The van der Waals surface area contributed by atoms with E-state index >= 15 is 0 Å². The van der Waals surface area contributed by atoms with Crippen molar-refractivity contribution in [3.05, 3.63) is 17.5 Å². The molecular weight excluding hydrogens is 254 g/mol. The van der Waals surface area contributed by atoms with Crippen molar-refractivity contribution < 1.29 is 9.53 Å².